The van der Waals surface area contributed by atoms with Crippen LogP contribution in [0.3, 0.4) is 0 Å². The van der Waals surface area contributed by atoms with Gasteiger partial charge in [-0.1, -0.05) is 264 Å². The van der Waals surface area contributed by atoms with E-state index < -0.39 is 49.5 Å². The van der Waals surface area contributed by atoms with Crippen molar-refractivity contribution in [1.29, 1.82) is 0 Å². The number of carbonyl (C=O) groups is 1. The van der Waals surface area contributed by atoms with Crippen LogP contribution in [0.2, 0.25) is 0 Å². The second kappa shape index (κ2) is 45.0. The molecule has 1 rings (SSSR count). The van der Waals surface area contributed by atoms with Crippen molar-refractivity contribution < 1.29 is 39.8 Å². The molecule has 1 amide bonds. The van der Waals surface area contributed by atoms with Crippen LogP contribution >= 0.6 is 0 Å². The van der Waals surface area contributed by atoms with E-state index in [4.69, 9.17) is 9.47 Å². The Morgan fingerprint density at radius 2 is 0.794 bits per heavy atom. The number of amides is 1. The Hall–Kier alpha value is -0.810. The SMILES string of the molecule is CCCCCCCCCCCCCCCCCCCCCCCCCCCCC(=O)NC(COC1OC(CO)C(O)C(O)C1O)C(O)CCCCCCCCCCCCCCCC. The molecule has 0 aromatic heterocycles. The van der Waals surface area contributed by atoms with E-state index in [0.29, 0.717) is 12.8 Å². The quantitative estimate of drug-likeness (QED) is 0.0331. The molecular weight excluding hydrogens is 791 g/mol. The van der Waals surface area contributed by atoms with Crippen molar-refractivity contribution in [3.8, 4) is 0 Å². The fourth-order valence-electron chi connectivity index (χ4n) is 9.28. The van der Waals surface area contributed by atoms with E-state index in [1.807, 2.05) is 0 Å². The first-order valence-corrected chi connectivity index (χ1v) is 27.7. The lowest BCUT2D eigenvalue weighted by Crippen LogP contribution is -2.60. The van der Waals surface area contributed by atoms with E-state index in [0.717, 1.165) is 38.5 Å². The highest BCUT2D eigenvalue weighted by molar-refractivity contribution is 5.76. The van der Waals surface area contributed by atoms with Gasteiger partial charge in [0.2, 0.25) is 5.91 Å². The monoisotopic (exact) mass is 898 g/mol. The molecule has 1 saturated heterocycles. The summed E-state index contributed by atoms with van der Waals surface area (Å²) < 4.78 is 11.3. The molecule has 0 aromatic rings. The molecule has 63 heavy (non-hydrogen) atoms. The summed E-state index contributed by atoms with van der Waals surface area (Å²) in [5.74, 6) is -0.137. The topological polar surface area (TPSA) is 149 Å². The minimum atomic E-state index is -1.55. The summed E-state index contributed by atoms with van der Waals surface area (Å²) in [5.41, 5.74) is 0. The summed E-state index contributed by atoms with van der Waals surface area (Å²) in [5, 5.41) is 54.5. The maximum absolute atomic E-state index is 13.0. The Kier molecular flexibility index (Phi) is 43.0. The van der Waals surface area contributed by atoms with Crippen molar-refractivity contribution >= 4 is 5.91 Å². The second-order valence-corrected chi connectivity index (χ2v) is 19.7. The number of ether oxygens (including phenoxy) is 2. The Morgan fingerprint density at radius 3 is 1.13 bits per heavy atom. The van der Waals surface area contributed by atoms with Crippen LogP contribution in [0.4, 0.5) is 0 Å². The molecule has 1 aliphatic rings. The van der Waals surface area contributed by atoms with E-state index in [1.165, 1.54) is 218 Å². The van der Waals surface area contributed by atoms with Gasteiger partial charge in [-0.15, -0.1) is 0 Å². The number of aliphatic hydroxyl groups is 5. The molecule has 1 fully saturated rings. The maximum Gasteiger partial charge on any atom is 0.220 e. The van der Waals surface area contributed by atoms with Gasteiger partial charge in [-0.25, -0.2) is 0 Å². The van der Waals surface area contributed by atoms with E-state index in [2.05, 4.69) is 19.2 Å². The first-order chi connectivity index (χ1) is 30.8. The van der Waals surface area contributed by atoms with Crippen molar-refractivity contribution in [1.82, 2.24) is 5.32 Å². The summed E-state index contributed by atoms with van der Waals surface area (Å²) in [6.07, 6.45) is 45.6. The summed E-state index contributed by atoms with van der Waals surface area (Å²) in [4.78, 5) is 13.0. The third-order valence-corrected chi connectivity index (χ3v) is 13.7. The van der Waals surface area contributed by atoms with Gasteiger partial charge < -0.3 is 40.3 Å². The Balaban J connectivity index is 2.16. The lowest BCUT2D eigenvalue weighted by molar-refractivity contribution is -0.302. The molecule has 0 spiro atoms. The molecule has 6 N–H and O–H groups in total. The van der Waals surface area contributed by atoms with E-state index in [9.17, 15) is 30.3 Å². The molecule has 0 aliphatic carbocycles. The molecule has 7 unspecified atom stereocenters. The van der Waals surface area contributed by atoms with Gasteiger partial charge in [0.25, 0.3) is 0 Å². The fourth-order valence-corrected chi connectivity index (χ4v) is 9.28. The highest BCUT2D eigenvalue weighted by atomic mass is 16.7. The van der Waals surface area contributed by atoms with Gasteiger partial charge in [-0.2, -0.15) is 0 Å². The lowest BCUT2D eigenvalue weighted by Gasteiger charge is -2.40. The number of carbonyl (C=O) groups excluding carboxylic acids is 1. The van der Waals surface area contributed by atoms with Crippen LogP contribution in [-0.2, 0) is 14.3 Å². The number of hydrogen-bond acceptors (Lipinski definition) is 8. The number of rotatable bonds is 48. The average Bonchev–Trinajstić information content (AvgIpc) is 3.28. The molecule has 0 saturated carbocycles. The van der Waals surface area contributed by atoms with Gasteiger partial charge in [0.05, 0.1) is 25.4 Å². The molecule has 376 valence electrons. The van der Waals surface area contributed by atoms with Gasteiger partial charge in [0, 0.05) is 6.42 Å². The predicted molar refractivity (Wildman–Crippen MR) is 263 cm³/mol. The van der Waals surface area contributed by atoms with E-state index in [1.54, 1.807) is 0 Å². The zero-order valence-corrected chi connectivity index (χ0v) is 41.6. The summed E-state index contributed by atoms with van der Waals surface area (Å²) in [6.45, 7) is 3.87. The van der Waals surface area contributed by atoms with Crippen LogP contribution < -0.4 is 5.32 Å². The molecule has 1 heterocycles. The van der Waals surface area contributed by atoms with Crippen LogP contribution in [0.1, 0.15) is 284 Å². The molecule has 0 bridgehead atoms. The largest absolute Gasteiger partial charge is 0.394 e. The van der Waals surface area contributed by atoms with Crippen LogP contribution in [0.25, 0.3) is 0 Å². The van der Waals surface area contributed by atoms with Crippen LogP contribution in [-0.4, -0.2) is 87.5 Å². The number of unbranched alkanes of at least 4 members (excludes halogenated alkanes) is 38. The standard InChI is InChI=1S/C54H107NO8/c1-3-5-7-9-11-13-15-17-19-20-21-22-23-24-25-26-27-28-29-30-32-34-36-38-40-42-44-50(58)55-47(46-62-54-53(61)52(60)51(59)49(45-56)63-54)48(57)43-41-39-37-35-33-31-18-16-14-12-10-8-6-4-2/h47-49,51-54,56-57,59-61H,3-46H2,1-2H3,(H,55,58). The Labute approximate surface area is 389 Å². The van der Waals surface area contributed by atoms with E-state index in [-0.39, 0.29) is 12.5 Å². The zero-order chi connectivity index (χ0) is 45.9. The highest BCUT2D eigenvalue weighted by Gasteiger charge is 2.44. The zero-order valence-electron chi connectivity index (χ0n) is 41.6. The van der Waals surface area contributed by atoms with Crippen LogP contribution in [0.5, 0.6) is 0 Å². The Bertz CT molecular complexity index is 955. The van der Waals surface area contributed by atoms with Crippen LogP contribution in [0.15, 0.2) is 0 Å². The molecule has 0 radical (unpaired) electrons. The smallest absolute Gasteiger partial charge is 0.220 e. The maximum atomic E-state index is 13.0. The first kappa shape index (κ1) is 60.2. The molecule has 0 aromatic carbocycles. The van der Waals surface area contributed by atoms with Crippen molar-refractivity contribution in [2.75, 3.05) is 13.2 Å². The third-order valence-electron chi connectivity index (χ3n) is 13.7. The second-order valence-electron chi connectivity index (χ2n) is 19.7. The minimum Gasteiger partial charge on any atom is -0.394 e. The highest BCUT2D eigenvalue weighted by Crippen LogP contribution is 2.23. The summed E-state index contributed by atoms with van der Waals surface area (Å²) in [7, 11) is 0. The van der Waals surface area contributed by atoms with E-state index >= 15 is 0 Å². The van der Waals surface area contributed by atoms with Crippen LogP contribution in [0, 0.1) is 0 Å². The average molecular weight is 898 g/mol. The van der Waals surface area contributed by atoms with Crippen molar-refractivity contribution in [2.24, 2.45) is 0 Å². The normalized spacial score (nSPS) is 20.0. The van der Waals surface area contributed by atoms with Gasteiger partial charge >= 0.3 is 0 Å². The fraction of sp³-hybridized carbons (Fsp3) is 0.981. The number of nitrogens with one attached hydrogen (secondary N) is 1. The molecular formula is C54H107NO8. The third kappa shape index (κ3) is 35.1. The minimum absolute atomic E-state index is 0.131. The summed E-state index contributed by atoms with van der Waals surface area (Å²) >= 11 is 0. The molecule has 9 nitrogen and oxygen atoms in total. The Morgan fingerprint density at radius 1 is 0.476 bits per heavy atom. The number of hydrogen-bond donors (Lipinski definition) is 6. The van der Waals surface area contributed by atoms with Gasteiger partial charge in [0.15, 0.2) is 6.29 Å². The van der Waals surface area contributed by atoms with Gasteiger partial charge in [-0.3, -0.25) is 4.79 Å². The number of aliphatic hydroxyl groups excluding tert-OH is 5. The van der Waals surface area contributed by atoms with Gasteiger partial charge in [-0.05, 0) is 12.8 Å². The predicted octanol–water partition coefficient (Wildman–Crippen LogP) is 13.1. The molecule has 1 aliphatic heterocycles. The summed E-state index contributed by atoms with van der Waals surface area (Å²) in [6, 6.07) is -0.712. The lowest BCUT2D eigenvalue weighted by atomic mass is 9.99. The van der Waals surface area contributed by atoms with Crippen molar-refractivity contribution in [3.63, 3.8) is 0 Å². The molecule has 9 heteroatoms. The van der Waals surface area contributed by atoms with Crippen molar-refractivity contribution in [3.05, 3.63) is 0 Å². The van der Waals surface area contributed by atoms with Crippen molar-refractivity contribution in [2.45, 2.75) is 326 Å². The first-order valence-electron chi connectivity index (χ1n) is 27.7. The molecule has 7 atom stereocenters. The van der Waals surface area contributed by atoms with Gasteiger partial charge in [0.1, 0.15) is 24.4 Å².